The summed E-state index contributed by atoms with van der Waals surface area (Å²) < 4.78 is 0. The van der Waals surface area contributed by atoms with Crippen molar-refractivity contribution in [3.8, 4) is 11.1 Å². The molecule has 2 aromatic heterocycles. The first-order chi connectivity index (χ1) is 12.2. The number of hydrogen-bond acceptors (Lipinski definition) is 3. The van der Waals surface area contributed by atoms with Crippen LogP contribution in [0.25, 0.3) is 11.1 Å². The van der Waals surface area contributed by atoms with E-state index in [1.165, 1.54) is 36.9 Å². The number of hydrogen-bond donors (Lipinski definition) is 2. The van der Waals surface area contributed by atoms with Crippen LogP contribution in [0.15, 0.2) is 61.0 Å². The predicted molar refractivity (Wildman–Crippen MR) is 105 cm³/mol. The summed E-state index contributed by atoms with van der Waals surface area (Å²) in [5, 5.41) is 10.9. The molecular formula is C21H26N4. The number of aromatic nitrogens is 3. The first kappa shape index (κ1) is 17.2. The summed E-state index contributed by atoms with van der Waals surface area (Å²) in [6.07, 6.45) is 12.7. The Kier molecular flexibility index (Phi) is 5.49. The Morgan fingerprint density at radius 3 is 2.92 bits per heavy atom. The Hall–Kier alpha value is -2.62. The fourth-order valence-corrected chi connectivity index (χ4v) is 3.43. The van der Waals surface area contributed by atoms with Crippen molar-refractivity contribution >= 4 is 5.82 Å². The molecule has 1 aliphatic carbocycles. The lowest BCUT2D eigenvalue weighted by atomic mass is 9.97. The van der Waals surface area contributed by atoms with Gasteiger partial charge in [0.1, 0.15) is 5.82 Å². The smallest absolute Gasteiger partial charge is 0.126 e. The summed E-state index contributed by atoms with van der Waals surface area (Å²) >= 11 is 0. The van der Waals surface area contributed by atoms with Crippen LogP contribution >= 0.6 is 0 Å². The molecular weight excluding hydrogens is 308 g/mol. The van der Waals surface area contributed by atoms with Gasteiger partial charge in [-0.15, -0.1) is 0 Å². The Bertz CT molecular complexity index is 779. The third-order valence-corrected chi connectivity index (χ3v) is 4.83. The van der Waals surface area contributed by atoms with E-state index >= 15 is 0 Å². The summed E-state index contributed by atoms with van der Waals surface area (Å²) in [6, 6.07) is 4.14. The van der Waals surface area contributed by atoms with Gasteiger partial charge < -0.3 is 5.32 Å². The van der Waals surface area contributed by atoms with E-state index < -0.39 is 0 Å². The molecule has 130 valence electrons. The first-order valence-corrected chi connectivity index (χ1v) is 8.90. The molecule has 1 aliphatic rings. The minimum atomic E-state index is 0.604. The summed E-state index contributed by atoms with van der Waals surface area (Å²) in [7, 11) is 0. The van der Waals surface area contributed by atoms with Crippen molar-refractivity contribution in [3.63, 3.8) is 0 Å². The second-order valence-electron chi connectivity index (χ2n) is 6.67. The van der Waals surface area contributed by atoms with Crippen LogP contribution in [0, 0.1) is 0 Å². The number of nitrogens with zero attached hydrogens (tertiary/aromatic N) is 2. The molecule has 0 spiro atoms. The molecule has 0 aromatic carbocycles. The Morgan fingerprint density at radius 2 is 2.20 bits per heavy atom. The number of nitrogens with one attached hydrogen (secondary N) is 2. The second kappa shape index (κ2) is 7.97. The number of allylic oxidation sites excluding steroid dienone is 2. The van der Waals surface area contributed by atoms with Gasteiger partial charge in [-0.1, -0.05) is 43.7 Å². The minimum absolute atomic E-state index is 0.604. The summed E-state index contributed by atoms with van der Waals surface area (Å²) in [5.74, 6) is 1.46. The first-order valence-electron chi connectivity index (χ1n) is 8.90. The van der Waals surface area contributed by atoms with E-state index in [9.17, 15) is 0 Å². The van der Waals surface area contributed by atoms with E-state index in [0.717, 1.165) is 22.5 Å². The fourth-order valence-electron chi connectivity index (χ4n) is 3.43. The molecule has 4 nitrogen and oxygen atoms in total. The van der Waals surface area contributed by atoms with Gasteiger partial charge in [-0.05, 0) is 43.0 Å². The Balaban J connectivity index is 1.78. The zero-order valence-electron chi connectivity index (χ0n) is 14.9. The number of rotatable bonds is 7. The SMILES string of the molecule is C=C/C=C(/CNc1cc(-c2cn[nH]c2C2CCCC2)ccn1)C(=C)C. The maximum Gasteiger partial charge on any atom is 0.126 e. The van der Waals surface area contributed by atoms with Crippen molar-refractivity contribution in [1.82, 2.24) is 15.2 Å². The van der Waals surface area contributed by atoms with Gasteiger partial charge in [0, 0.05) is 29.9 Å². The van der Waals surface area contributed by atoms with Crippen LogP contribution in [0.1, 0.15) is 44.2 Å². The van der Waals surface area contributed by atoms with E-state index in [1.807, 2.05) is 31.5 Å². The van der Waals surface area contributed by atoms with E-state index in [0.29, 0.717) is 12.5 Å². The van der Waals surface area contributed by atoms with Crippen LogP contribution < -0.4 is 5.32 Å². The van der Waals surface area contributed by atoms with Gasteiger partial charge >= 0.3 is 0 Å². The quantitative estimate of drug-likeness (QED) is 0.682. The molecule has 0 saturated heterocycles. The molecule has 0 atom stereocenters. The van der Waals surface area contributed by atoms with E-state index in [1.54, 1.807) is 6.08 Å². The molecule has 25 heavy (non-hydrogen) atoms. The van der Waals surface area contributed by atoms with E-state index in [2.05, 4.69) is 39.7 Å². The van der Waals surface area contributed by atoms with Crippen LogP contribution in [0.2, 0.25) is 0 Å². The predicted octanol–water partition coefficient (Wildman–Crippen LogP) is 5.23. The van der Waals surface area contributed by atoms with Gasteiger partial charge in [0.05, 0.1) is 6.20 Å². The number of pyridine rings is 1. The topological polar surface area (TPSA) is 53.6 Å². The highest BCUT2D eigenvalue weighted by atomic mass is 15.1. The van der Waals surface area contributed by atoms with Crippen molar-refractivity contribution in [2.45, 2.75) is 38.5 Å². The zero-order chi connectivity index (χ0) is 17.6. The maximum atomic E-state index is 4.44. The van der Waals surface area contributed by atoms with Gasteiger partial charge in [0.15, 0.2) is 0 Å². The van der Waals surface area contributed by atoms with E-state index in [-0.39, 0.29) is 0 Å². The molecule has 0 aliphatic heterocycles. The Morgan fingerprint density at radius 1 is 1.40 bits per heavy atom. The second-order valence-corrected chi connectivity index (χ2v) is 6.67. The standard InChI is InChI=1S/C21H26N4/c1-4-7-18(15(2)3)13-23-20-12-17(10-11-22-20)19-14-24-25-21(19)16-8-5-6-9-16/h4,7,10-12,14,16H,1-2,5-6,8-9,13H2,3H3,(H,22,23)(H,24,25)/b18-7-. The van der Waals surface area contributed by atoms with Crippen molar-refractivity contribution in [2.24, 2.45) is 0 Å². The molecule has 1 fully saturated rings. The highest BCUT2D eigenvalue weighted by molar-refractivity contribution is 5.68. The van der Waals surface area contributed by atoms with Gasteiger partial charge in [-0.25, -0.2) is 4.98 Å². The molecule has 2 aromatic rings. The van der Waals surface area contributed by atoms with Crippen LogP contribution in [-0.4, -0.2) is 21.7 Å². The highest BCUT2D eigenvalue weighted by Crippen LogP contribution is 2.38. The lowest BCUT2D eigenvalue weighted by Crippen LogP contribution is -2.07. The van der Waals surface area contributed by atoms with Gasteiger partial charge in [0.2, 0.25) is 0 Å². The van der Waals surface area contributed by atoms with Gasteiger partial charge in [-0.2, -0.15) is 5.10 Å². The maximum absolute atomic E-state index is 4.44. The van der Waals surface area contributed by atoms with Gasteiger partial charge in [0.25, 0.3) is 0 Å². The van der Waals surface area contributed by atoms with Crippen LogP contribution in [0.3, 0.4) is 0 Å². The molecule has 2 heterocycles. The number of H-pyrrole nitrogens is 1. The normalized spacial score (nSPS) is 15.3. The number of aromatic amines is 1. The third-order valence-electron chi connectivity index (χ3n) is 4.83. The molecule has 0 radical (unpaired) electrons. The minimum Gasteiger partial charge on any atom is -0.366 e. The average Bonchev–Trinajstić information content (AvgIpc) is 3.29. The molecule has 1 saturated carbocycles. The van der Waals surface area contributed by atoms with E-state index in [4.69, 9.17) is 0 Å². The zero-order valence-corrected chi connectivity index (χ0v) is 14.9. The fraction of sp³-hybridized carbons (Fsp3) is 0.333. The summed E-state index contributed by atoms with van der Waals surface area (Å²) in [4.78, 5) is 4.44. The average molecular weight is 334 g/mol. The summed E-state index contributed by atoms with van der Waals surface area (Å²) in [6.45, 7) is 10.5. The molecule has 3 rings (SSSR count). The van der Waals surface area contributed by atoms with Gasteiger partial charge in [-0.3, -0.25) is 5.10 Å². The van der Waals surface area contributed by atoms with Crippen LogP contribution in [-0.2, 0) is 0 Å². The molecule has 0 bridgehead atoms. The highest BCUT2D eigenvalue weighted by Gasteiger charge is 2.22. The van der Waals surface area contributed by atoms with Crippen molar-refractivity contribution in [3.05, 3.63) is 66.7 Å². The Labute approximate surface area is 149 Å². The van der Waals surface area contributed by atoms with Crippen molar-refractivity contribution in [2.75, 3.05) is 11.9 Å². The van der Waals surface area contributed by atoms with Crippen molar-refractivity contribution in [1.29, 1.82) is 0 Å². The third kappa shape index (κ3) is 4.08. The molecule has 0 unspecified atom stereocenters. The number of anilines is 1. The lowest BCUT2D eigenvalue weighted by molar-refractivity contribution is 0.694. The van der Waals surface area contributed by atoms with Crippen LogP contribution in [0.4, 0.5) is 5.82 Å². The largest absolute Gasteiger partial charge is 0.366 e. The summed E-state index contributed by atoms with van der Waals surface area (Å²) in [5.41, 5.74) is 5.76. The molecule has 4 heteroatoms. The molecule has 0 amide bonds. The lowest BCUT2D eigenvalue weighted by Gasteiger charge is -2.12. The molecule has 2 N–H and O–H groups in total. The monoisotopic (exact) mass is 334 g/mol. The van der Waals surface area contributed by atoms with Crippen molar-refractivity contribution < 1.29 is 0 Å². The van der Waals surface area contributed by atoms with Crippen LogP contribution in [0.5, 0.6) is 0 Å².